The van der Waals surface area contributed by atoms with Crippen LogP contribution in [0, 0.1) is 0 Å². The van der Waals surface area contributed by atoms with Crippen LogP contribution in [-0.4, -0.2) is 42.4 Å². The fourth-order valence-corrected chi connectivity index (χ4v) is 4.81. The summed E-state index contributed by atoms with van der Waals surface area (Å²) in [5.41, 5.74) is 1.19. The molecule has 2 atom stereocenters. The number of halogens is 1. The van der Waals surface area contributed by atoms with Crippen molar-refractivity contribution in [3.8, 4) is 0 Å². The van der Waals surface area contributed by atoms with Gasteiger partial charge in [-0.05, 0) is 31.4 Å². The van der Waals surface area contributed by atoms with Gasteiger partial charge in [-0.15, -0.1) is 11.3 Å². The summed E-state index contributed by atoms with van der Waals surface area (Å²) in [6.07, 6.45) is 2.98. The van der Waals surface area contributed by atoms with Gasteiger partial charge in [0.15, 0.2) is 0 Å². The summed E-state index contributed by atoms with van der Waals surface area (Å²) in [5.74, 6) is 0. The molecule has 19 heavy (non-hydrogen) atoms. The van der Waals surface area contributed by atoms with Gasteiger partial charge >= 0.3 is 0 Å². The maximum Gasteiger partial charge on any atom is 0.0969 e. The van der Waals surface area contributed by atoms with Crippen molar-refractivity contribution in [2.45, 2.75) is 37.8 Å². The fraction of sp³-hybridized carbons (Fsp3) is 0.714. The zero-order chi connectivity index (χ0) is 13.5. The van der Waals surface area contributed by atoms with Crippen LogP contribution in [0.3, 0.4) is 0 Å². The van der Waals surface area contributed by atoms with Crippen LogP contribution < -0.4 is 0 Å². The maximum atomic E-state index is 9.11. The quantitative estimate of drug-likeness (QED) is 0.911. The minimum Gasteiger partial charge on any atom is -0.395 e. The zero-order valence-corrected chi connectivity index (χ0v) is 12.8. The van der Waals surface area contributed by atoms with E-state index >= 15 is 0 Å². The molecule has 0 saturated carbocycles. The van der Waals surface area contributed by atoms with Crippen LogP contribution >= 0.6 is 22.9 Å². The predicted molar refractivity (Wildman–Crippen MR) is 78.0 cm³/mol. The summed E-state index contributed by atoms with van der Waals surface area (Å²) in [7, 11) is 0. The topological polar surface area (TPSA) is 32.7 Å². The van der Waals surface area contributed by atoms with E-state index in [2.05, 4.69) is 17.9 Å². The molecule has 1 aromatic rings. The minimum absolute atomic E-state index is 0.136. The first-order valence-corrected chi connectivity index (χ1v) is 8.11. The first-order chi connectivity index (χ1) is 9.14. The lowest BCUT2D eigenvalue weighted by molar-refractivity contribution is -0.112. The number of ether oxygens (including phenoxy) is 1. The lowest BCUT2D eigenvalue weighted by Gasteiger charge is -2.47. The second-order valence-electron chi connectivity index (χ2n) is 5.54. The third-order valence-electron chi connectivity index (χ3n) is 4.42. The van der Waals surface area contributed by atoms with E-state index in [1.807, 2.05) is 0 Å². The molecule has 3 nitrogen and oxygen atoms in total. The van der Waals surface area contributed by atoms with Crippen LogP contribution in [0.5, 0.6) is 0 Å². The van der Waals surface area contributed by atoms with Gasteiger partial charge in [0.1, 0.15) is 0 Å². The fourth-order valence-electron chi connectivity index (χ4n) is 3.47. The molecule has 2 aliphatic heterocycles. The van der Waals surface area contributed by atoms with E-state index in [0.29, 0.717) is 6.04 Å². The summed E-state index contributed by atoms with van der Waals surface area (Å²) >= 11 is 7.89. The van der Waals surface area contributed by atoms with Crippen LogP contribution in [-0.2, 0) is 16.8 Å². The summed E-state index contributed by atoms with van der Waals surface area (Å²) in [6.45, 7) is 5.00. The number of thiophene rings is 1. The molecule has 2 aliphatic rings. The predicted octanol–water partition coefficient (Wildman–Crippen LogP) is 2.65. The van der Waals surface area contributed by atoms with Crippen molar-refractivity contribution in [2.75, 3.05) is 26.3 Å². The largest absolute Gasteiger partial charge is 0.395 e. The minimum atomic E-state index is -0.136. The monoisotopic (exact) mass is 301 g/mol. The van der Waals surface area contributed by atoms with E-state index in [4.69, 9.17) is 21.4 Å². The average Bonchev–Trinajstić information content (AvgIpc) is 2.76. The molecule has 0 amide bonds. The Morgan fingerprint density at radius 1 is 1.63 bits per heavy atom. The highest BCUT2D eigenvalue weighted by molar-refractivity contribution is 7.16. The summed E-state index contributed by atoms with van der Waals surface area (Å²) in [5, 5.41) is 9.11. The second kappa shape index (κ2) is 5.34. The van der Waals surface area contributed by atoms with Crippen molar-refractivity contribution >= 4 is 22.9 Å². The number of hydrogen-bond acceptors (Lipinski definition) is 4. The summed E-state index contributed by atoms with van der Waals surface area (Å²) < 4.78 is 7.08. The number of β-amino-alcohol motifs (C(OH)–C–C–N with tert-alkyl or cyclic N) is 1. The number of likely N-dealkylation sites (tertiary alicyclic amines) is 1. The standard InChI is InChI=1S/C14H20ClNO2S/c1-10-9-14(3-4-16(10)5-6-17)11-8-13(15)19-12(11)2-7-18-14/h8,10,17H,2-7,9H2,1H3/t10-,14?/m0/s1. The molecule has 3 heterocycles. The van der Waals surface area contributed by atoms with E-state index in [0.717, 1.165) is 43.3 Å². The van der Waals surface area contributed by atoms with Gasteiger partial charge in [0.05, 0.1) is 23.2 Å². The molecular weight excluding hydrogens is 282 g/mol. The van der Waals surface area contributed by atoms with Crippen molar-refractivity contribution in [3.05, 3.63) is 20.8 Å². The number of fused-ring (bicyclic) bond motifs is 2. The van der Waals surface area contributed by atoms with Gasteiger partial charge in [-0.2, -0.15) is 0 Å². The van der Waals surface area contributed by atoms with Crippen molar-refractivity contribution in [3.63, 3.8) is 0 Å². The molecule has 1 N–H and O–H groups in total. The van der Waals surface area contributed by atoms with Gasteiger partial charge in [-0.25, -0.2) is 0 Å². The second-order valence-corrected chi connectivity index (χ2v) is 7.31. The van der Waals surface area contributed by atoms with Gasteiger partial charge < -0.3 is 9.84 Å². The molecule has 5 heteroatoms. The van der Waals surface area contributed by atoms with Gasteiger partial charge in [-0.1, -0.05) is 11.6 Å². The van der Waals surface area contributed by atoms with Crippen molar-refractivity contribution < 1.29 is 9.84 Å². The Hall–Kier alpha value is -0.130. The molecule has 0 aromatic carbocycles. The molecule has 1 aromatic heterocycles. The molecular formula is C14H20ClNO2S. The highest BCUT2D eigenvalue weighted by atomic mass is 35.5. The molecule has 0 bridgehead atoms. The first kappa shape index (κ1) is 13.8. The number of rotatable bonds is 2. The van der Waals surface area contributed by atoms with Crippen LogP contribution in [0.4, 0.5) is 0 Å². The molecule has 1 saturated heterocycles. The van der Waals surface area contributed by atoms with Gasteiger partial charge in [0.2, 0.25) is 0 Å². The highest BCUT2D eigenvalue weighted by Crippen LogP contribution is 2.46. The normalized spacial score (nSPS) is 31.6. The van der Waals surface area contributed by atoms with Crippen LogP contribution in [0.15, 0.2) is 6.07 Å². The number of nitrogens with zero attached hydrogens (tertiary/aromatic N) is 1. The van der Waals surface area contributed by atoms with Crippen LogP contribution in [0.1, 0.15) is 30.2 Å². The van der Waals surface area contributed by atoms with Gasteiger partial charge in [0, 0.05) is 30.4 Å². The van der Waals surface area contributed by atoms with Gasteiger partial charge in [0.25, 0.3) is 0 Å². The van der Waals surface area contributed by atoms with Crippen molar-refractivity contribution in [1.29, 1.82) is 0 Å². The van der Waals surface area contributed by atoms with Crippen molar-refractivity contribution in [1.82, 2.24) is 4.90 Å². The van der Waals surface area contributed by atoms with E-state index in [9.17, 15) is 0 Å². The summed E-state index contributed by atoms with van der Waals surface area (Å²) in [6, 6.07) is 2.54. The Kier molecular flexibility index (Phi) is 3.89. The third-order valence-corrected chi connectivity index (χ3v) is 5.74. The lowest BCUT2D eigenvalue weighted by atomic mass is 9.79. The number of aliphatic hydroxyl groups excluding tert-OH is 1. The Bertz CT molecular complexity index is 464. The Labute approximate surface area is 123 Å². The van der Waals surface area contributed by atoms with Crippen LogP contribution in [0.25, 0.3) is 0 Å². The van der Waals surface area contributed by atoms with E-state index < -0.39 is 0 Å². The van der Waals surface area contributed by atoms with Gasteiger partial charge in [-0.3, -0.25) is 4.90 Å². The Morgan fingerprint density at radius 3 is 3.21 bits per heavy atom. The van der Waals surface area contributed by atoms with E-state index in [1.54, 1.807) is 11.3 Å². The Balaban J connectivity index is 1.86. The molecule has 1 spiro atoms. The maximum absolute atomic E-state index is 9.11. The SMILES string of the molecule is C[C@H]1CC2(CCN1CCO)OCCc1sc(Cl)cc12. The molecule has 0 radical (unpaired) electrons. The highest BCUT2D eigenvalue weighted by Gasteiger charge is 2.44. The summed E-state index contributed by atoms with van der Waals surface area (Å²) in [4.78, 5) is 3.75. The molecule has 0 aliphatic carbocycles. The molecule has 106 valence electrons. The smallest absolute Gasteiger partial charge is 0.0969 e. The lowest BCUT2D eigenvalue weighted by Crippen LogP contribution is -2.51. The molecule has 1 unspecified atom stereocenters. The first-order valence-electron chi connectivity index (χ1n) is 6.92. The zero-order valence-electron chi connectivity index (χ0n) is 11.2. The number of aliphatic hydroxyl groups is 1. The van der Waals surface area contributed by atoms with E-state index in [-0.39, 0.29) is 12.2 Å². The van der Waals surface area contributed by atoms with Crippen LogP contribution in [0.2, 0.25) is 4.34 Å². The molecule has 1 fully saturated rings. The number of piperidine rings is 1. The average molecular weight is 302 g/mol. The third kappa shape index (κ3) is 2.45. The van der Waals surface area contributed by atoms with E-state index in [1.165, 1.54) is 10.4 Å². The van der Waals surface area contributed by atoms with Crippen molar-refractivity contribution in [2.24, 2.45) is 0 Å². The number of hydrogen-bond donors (Lipinski definition) is 1. The molecule has 3 rings (SSSR count). The Morgan fingerprint density at radius 2 is 2.47 bits per heavy atom.